The Bertz CT molecular complexity index is 963. The van der Waals surface area contributed by atoms with Gasteiger partial charge in [0.25, 0.3) is 11.8 Å². The number of carbonyl (C=O) groups is 2. The lowest BCUT2D eigenvalue weighted by atomic mass is 10.1. The Morgan fingerprint density at radius 3 is 2.52 bits per heavy atom. The summed E-state index contributed by atoms with van der Waals surface area (Å²) in [7, 11) is -0.853. The number of rotatable bonds is 4. The second-order valence-electron chi connectivity index (χ2n) is 6.18. The molecule has 0 bridgehead atoms. The van der Waals surface area contributed by atoms with Crippen molar-refractivity contribution in [1.82, 2.24) is 15.2 Å². The van der Waals surface area contributed by atoms with Crippen LogP contribution in [0.4, 0.5) is 0 Å². The monoisotopic (exact) mass is 389 g/mol. The van der Waals surface area contributed by atoms with Crippen molar-refractivity contribution in [2.75, 3.05) is 14.1 Å². The minimum absolute atomic E-state index is 0.0129. The van der Waals surface area contributed by atoms with Crippen LogP contribution in [0.5, 0.6) is 5.75 Å². The molecule has 0 unspecified atom stereocenters. The van der Waals surface area contributed by atoms with E-state index in [1.54, 1.807) is 6.07 Å². The molecule has 142 valence electrons. The van der Waals surface area contributed by atoms with E-state index in [0.29, 0.717) is 12.2 Å². The SMILES string of the molecule is CN(C)S(=O)(=O)c1cccc(C(=O)NNC(=O)[C@@H]2Cc3ccccc3O2)c1. The summed E-state index contributed by atoms with van der Waals surface area (Å²) in [5.74, 6) is -0.475. The maximum absolute atomic E-state index is 12.3. The molecule has 2 aromatic carbocycles. The molecular formula is C18H19N3O5S. The lowest BCUT2D eigenvalue weighted by molar-refractivity contribution is -0.128. The van der Waals surface area contributed by atoms with E-state index < -0.39 is 27.9 Å². The fraction of sp³-hybridized carbons (Fsp3) is 0.222. The average Bonchev–Trinajstić information content (AvgIpc) is 3.10. The second-order valence-corrected chi connectivity index (χ2v) is 8.33. The van der Waals surface area contributed by atoms with Gasteiger partial charge in [-0.15, -0.1) is 0 Å². The van der Waals surface area contributed by atoms with Crippen LogP contribution in [-0.4, -0.2) is 44.7 Å². The molecule has 0 aromatic heterocycles. The van der Waals surface area contributed by atoms with Crippen LogP contribution in [-0.2, 0) is 21.2 Å². The van der Waals surface area contributed by atoms with Crippen molar-refractivity contribution in [2.45, 2.75) is 17.4 Å². The molecule has 0 fully saturated rings. The number of sulfonamides is 1. The largest absolute Gasteiger partial charge is 0.480 e. The minimum atomic E-state index is -3.66. The fourth-order valence-electron chi connectivity index (χ4n) is 2.61. The molecule has 3 rings (SSSR count). The van der Waals surface area contributed by atoms with Crippen LogP contribution in [0.1, 0.15) is 15.9 Å². The van der Waals surface area contributed by atoms with Gasteiger partial charge in [0.05, 0.1) is 4.90 Å². The van der Waals surface area contributed by atoms with Gasteiger partial charge in [-0.1, -0.05) is 24.3 Å². The lowest BCUT2D eigenvalue weighted by Gasteiger charge is -2.14. The first-order valence-electron chi connectivity index (χ1n) is 8.16. The van der Waals surface area contributed by atoms with Crippen molar-refractivity contribution in [3.8, 4) is 5.75 Å². The zero-order valence-electron chi connectivity index (χ0n) is 14.8. The van der Waals surface area contributed by atoms with Crippen LogP contribution in [0.25, 0.3) is 0 Å². The van der Waals surface area contributed by atoms with Gasteiger partial charge in [0.2, 0.25) is 10.0 Å². The van der Waals surface area contributed by atoms with Crippen molar-refractivity contribution < 1.29 is 22.7 Å². The maximum Gasteiger partial charge on any atom is 0.279 e. The highest BCUT2D eigenvalue weighted by molar-refractivity contribution is 7.89. The first kappa shape index (κ1) is 18.9. The molecule has 1 aliphatic rings. The number of hydrazine groups is 1. The number of para-hydroxylation sites is 1. The zero-order chi connectivity index (χ0) is 19.6. The molecule has 0 aliphatic carbocycles. The van der Waals surface area contributed by atoms with Crippen molar-refractivity contribution >= 4 is 21.8 Å². The standard InChI is InChI=1S/C18H19N3O5S/c1-21(2)27(24,25)14-8-5-7-13(10-14)17(22)19-20-18(23)16-11-12-6-3-4-9-15(12)26-16/h3-10,16H,11H2,1-2H3,(H,19,22)(H,20,23)/t16-/m0/s1. The summed E-state index contributed by atoms with van der Waals surface area (Å²) in [6, 6.07) is 12.9. The molecule has 2 aromatic rings. The molecule has 0 spiro atoms. The zero-order valence-corrected chi connectivity index (χ0v) is 15.6. The van der Waals surface area contributed by atoms with E-state index in [4.69, 9.17) is 4.74 Å². The van der Waals surface area contributed by atoms with Gasteiger partial charge in [-0.2, -0.15) is 0 Å². The Hall–Kier alpha value is -2.91. The first-order valence-corrected chi connectivity index (χ1v) is 9.60. The van der Waals surface area contributed by atoms with E-state index in [1.165, 1.54) is 38.4 Å². The fourth-order valence-corrected chi connectivity index (χ4v) is 3.56. The maximum atomic E-state index is 12.3. The van der Waals surface area contributed by atoms with Crippen molar-refractivity contribution in [1.29, 1.82) is 0 Å². The third kappa shape index (κ3) is 3.93. The van der Waals surface area contributed by atoms with Gasteiger partial charge in [-0.25, -0.2) is 12.7 Å². The molecule has 0 radical (unpaired) electrons. The molecule has 1 heterocycles. The van der Waals surface area contributed by atoms with Crippen LogP contribution < -0.4 is 15.6 Å². The number of ether oxygens (including phenoxy) is 1. The van der Waals surface area contributed by atoms with Gasteiger partial charge in [0.1, 0.15) is 5.75 Å². The number of nitrogens with one attached hydrogen (secondary N) is 2. The Kier molecular flexibility index (Phi) is 5.15. The van der Waals surface area contributed by atoms with Gasteiger partial charge in [-0.05, 0) is 29.8 Å². The van der Waals surface area contributed by atoms with E-state index in [1.807, 2.05) is 18.2 Å². The van der Waals surface area contributed by atoms with Crippen LogP contribution in [0, 0.1) is 0 Å². The van der Waals surface area contributed by atoms with E-state index in [-0.39, 0.29) is 10.5 Å². The highest BCUT2D eigenvalue weighted by Gasteiger charge is 2.29. The summed E-state index contributed by atoms with van der Waals surface area (Å²) in [4.78, 5) is 24.5. The topological polar surface area (TPSA) is 105 Å². The van der Waals surface area contributed by atoms with E-state index in [0.717, 1.165) is 9.87 Å². The number of nitrogens with zero attached hydrogens (tertiary/aromatic N) is 1. The van der Waals surface area contributed by atoms with Crippen LogP contribution in [0.15, 0.2) is 53.4 Å². The quantitative estimate of drug-likeness (QED) is 0.749. The molecule has 1 atom stereocenters. The van der Waals surface area contributed by atoms with Gasteiger partial charge in [0.15, 0.2) is 6.10 Å². The Morgan fingerprint density at radius 2 is 1.81 bits per heavy atom. The van der Waals surface area contributed by atoms with Crippen molar-refractivity contribution in [3.05, 3.63) is 59.7 Å². The predicted molar refractivity (Wildman–Crippen MR) is 97.5 cm³/mol. The smallest absolute Gasteiger partial charge is 0.279 e. The van der Waals surface area contributed by atoms with E-state index in [9.17, 15) is 18.0 Å². The Morgan fingerprint density at radius 1 is 1.07 bits per heavy atom. The number of benzene rings is 2. The second kappa shape index (κ2) is 7.37. The minimum Gasteiger partial charge on any atom is -0.480 e. The highest BCUT2D eigenvalue weighted by Crippen LogP contribution is 2.28. The predicted octanol–water partition coefficient (Wildman–Crippen LogP) is 0.702. The number of hydrogen-bond acceptors (Lipinski definition) is 5. The van der Waals surface area contributed by atoms with Gasteiger partial charge >= 0.3 is 0 Å². The normalized spacial score (nSPS) is 15.7. The molecule has 0 saturated carbocycles. The van der Waals surface area contributed by atoms with Crippen LogP contribution >= 0.6 is 0 Å². The molecule has 9 heteroatoms. The van der Waals surface area contributed by atoms with Crippen molar-refractivity contribution in [2.24, 2.45) is 0 Å². The number of fused-ring (bicyclic) bond motifs is 1. The van der Waals surface area contributed by atoms with Gasteiger partial charge < -0.3 is 4.74 Å². The molecular weight excluding hydrogens is 370 g/mol. The van der Waals surface area contributed by atoms with Crippen LogP contribution in [0.3, 0.4) is 0 Å². The molecule has 8 nitrogen and oxygen atoms in total. The summed E-state index contributed by atoms with van der Waals surface area (Å²) in [5, 5.41) is 0. The van der Waals surface area contributed by atoms with Crippen molar-refractivity contribution in [3.63, 3.8) is 0 Å². The molecule has 27 heavy (non-hydrogen) atoms. The molecule has 2 amide bonds. The Balaban J connectivity index is 1.63. The molecule has 1 aliphatic heterocycles. The summed E-state index contributed by atoms with van der Waals surface area (Å²) in [5.41, 5.74) is 5.63. The van der Waals surface area contributed by atoms with Gasteiger partial charge in [0, 0.05) is 26.1 Å². The molecule has 2 N–H and O–H groups in total. The van der Waals surface area contributed by atoms with Crippen LogP contribution in [0.2, 0.25) is 0 Å². The summed E-state index contributed by atoms with van der Waals surface area (Å²) < 4.78 is 30.9. The highest BCUT2D eigenvalue weighted by atomic mass is 32.2. The number of hydrogen-bond donors (Lipinski definition) is 2. The summed E-state index contributed by atoms with van der Waals surface area (Å²) in [6.45, 7) is 0. The first-order chi connectivity index (χ1) is 12.8. The third-order valence-electron chi connectivity index (χ3n) is 4.11. The summed E-state index contributed by atoms with van der Waals surface area (Å²) in [6.07, 6.45) is -0.322. The lowest BCUT2D eigenvalue weighted by Crippen LogP contribution is -2.47. The average molecular weight is 389 g/mol. The summed E-state index contributed by atoms with van der Waals surface area (Å²) >= 11 is 0. The molecule has 0 saturated heterocycles. The van der Waals surface area contributed by atoms with E-state index in [2.05, 4.69) is 10.9 Å². The van der Waals surface area contributed by atoms with E-state index >= 15 is 0 Å². The number of amides is 2. The Labute approximate surface area is 157 Å². The third-order valence-corrected chi connectivity index (χ3v) is 5.92. The van der Waals surface area contributed by atoms with Gasteiger partial charge in [-0.3, -0.25) is 20.4 Å². The number of carbonyl (C=O) groups excluding carboxylic acids is 2.